The molecule has 1 aliphatic rings. The van der Waals surface area contributed by atoms with Crippen LogP contribution in [0.2, 0.25) is 0 Å². The molecule has 0 unspecified atom stereocenters. The van der Waals surface area contributed by atoms with Crippen LogP contribution >= 0.6 is 0 Å². The van der Waals surface area contributed by atoms with Crippen molar-refractivity contribution in [2.24, 2.45) is 0 Å². The molecule has 0 aliphatic carbocycles. The van der Waals surface area contributed by atoms with Gasteiger partial charge in [-0.1, -0.05) is 12.1 Å². The van der Waals surface area contributed by atoms with Crippen molar-refractivity contribution >= 4 is 16.9 Å². The quantitative estimate of drug-likeness (QED) is 0.585. The molecule has 2 aromatic heterocycles. The van der Waals surface area contributed by atoms with E-state index in [4.69, 9.17) is 0 Å². The minimum Gasteiger partial charge on any atom is -0.367 e. The number of piperidine rings is 1. The molecule has 4 rings (SSSR count). The van der Waals surface area contributed by atoms with Gasteiger partial charge < -0.3 is 10.3 Å². The SMILES string of the molecule is FC(F)(F)c1ccc(C(F)(F)CN2CCC(Nc3ncnc4[nH]ccc34)CC2)cc1. The summed E-state index contributed by atoms with van der Waals surface area (Å²) in [7, 11) is 0. The van der Waals surface area contributed by atoms with Gasteiger partial charge in [0.15, 0.2) is 0 Å². The number of hydrogen-bond acceptors (Lipinski definition) is 4. The highest BCUT2D eigenvalue weighted by atomic mass is 19.4. The molecule has 1 saturated heterocycles. The number of H-pyrrole nitrogens is 1. The van der Waals surface area contributed by atoms with E-state index >= 15 is 0 Å². The molecular weight excluding hydrogens is 405 g/mol. The number of alkyl halides is 5. The number of fused-ring (bicyclic) bond motifs is 1. The molecule has 30 heavy (non-hydrogen) atoms. The predicted molar refractivity (Wildman–Crippen MR) is 102 cm³/mol. The molecule has 2 N–H and O–H groups in total. The number of benzene rings is 1. The molecule has 3 aromatic rings. The number of rotatable bonds is 5. The molecule has 3 heterocycles. The molecule has 0 bridgehead atoms. The maximum Gasteiger partial charge on any atom is 0.416 e. The normalized spacial score (nSPS) is 16.8. The molecule has 0 atom stereocenters. The van der Waals surface area contributed by atoms with Gasteiger partial charge in [-0.15, -0.1) is 0 Å². The molecule has 0 amide bonds. The summed E-state index contributed by atoms with van der Waals surface area (Å²) in [6.07, 6.45) is -0.00622. The average molecular weight is 425 g/mol. The van der Waals surface area contributed by atoms with Crippen LogP contribution in [0.4, 0.5) is 27.8 Å². The highest BCUT2D eigenvalue weighted by Gasteiger charge is 2.37. The van der Waals surface area contributed by atoms with Crippen molar-refractivity contribution in [1.82, 2.24) is 19.9 Å². The van der Waals surface area contributed by atoms with E-state index in [2.05, 4.69) is 20.3 Å². The first kappa shape index (κ1) is 20.5. The molecular formula is C20H20F5N5. The third-order valence-corrected chi connectivity index (χ3v) is 5.34. The fraction of sp³-hybridized carbons (Fsp3) is 0.400. The summed E-state index contributed by atoms with van der Waals surface area (Å²) < 4.78 is 67.1. The van der Waals surface area contributed by atoms with E-state index in [-0.39, 0.29) is 6.04 Å². The number of nitrogens with one attached hydrogen (secondary N) is 2. The monoisotopic (exact) mass is 425 g/mol. The van der Waals surface area contributed by atoms with Crippen LogP contribution in [0.3, 0.4) is 0 Å². The van der Waals surface area contributed by atoms with E-state index in [1.807, 2.05) is 6.07 Å². The Bertz CT molecular complexity index is 991. The third kappa shape index (κ3) is 4.38. The minimum absolute atomic E-state index is 0.0916. The maximum atomic E-state index is 14.6. The molecule has 160 valence electrons. The lowest BCUT2D eigenvalue weighted by Crippen LogP contribution is -2.43. The lowest BCUT2D eigenvalue weighted by molar-refractivity contribution is -0.137. The summed E-state index contributed by atoms with van der Waals surface area (Å²) in [4.78, 5) is 13.0. The Labute approximate surface area is 169 Å². The van der Waals surface area contributed by atoms with Crippen LogP contribution < -0.4 is 5.32 Å². The Hall–Kier alpha value is -2.75. The molecule has 0 spiro atoms. The van der Waals surface area contributed by atoms with Crippen molar-refractivity contribution in [3.05, 3.63) is 54.0 Å². The lowest BCUT2D eigenvalue weighted by Gasteiger charge is -2.34. The summed E-state index contributed by atoms with van der Waals surface area (Å²) in [6, 6.07) is 5.07. The molecule has 5 nitrogen and oxygen atoms in total. The van der Waals surface area contributed by atoms with Crippen molar-refractivity contribution < 1.29 is 22.0 Å². The van der Waals surface area contributed by atoms with Gasteiger partial charge in [0.25, 0.3) is 5.92 Å². The van der Waals surface area contributed by atoms with Gasteiger partial charge in [-0.3, -0.25) is 4.90 Å². The summed E-state index contributed by atoms with van der Waals surface area (Å²) >= 11 is 0. The van der Waals surface area contributed by atoms with Gasteiger partial charge in [-0.2, -0.15) is 22.0 Å². The minimum atomic E-state index is -4.54. The Kier molecular flexibility index (Phi) is 5.35. The smallest absolute Gasteiger partial charge is 0.367 e. The van der Waals surface area contributed by atoms with Crippen LogP contribution in [0, 0.1) is 0 Å². The fourth-order valence-electron chi connectivity index (χ4n) is 3.69. The van der Waals surface area contributed by atoms with Crippen molar-refractivity contribution in [1.29, 1.82) is 0 Å². The molecule has 1 aromatic carbocycles. The molecule has 10 heteroatoms. The van der Waals surface area contributed by atoms with E-state index in [1.54, 1.807) is 11.1 Å². The summed E-state index contributed by atoms with van der Waals surface area (Å²) in [6.45, 7) is 0.380. The zero-order chi connectivity index (χ0) is 21.4. The standard InChI is InChI=1S/C20H20F5N5/c21-19(22,13-1-3-14(4-2-13)20(23,24)25)11-30-9-6-15(7-10-30)29-18-16-5-8-26-17(16)27-12-28-18/h1-5,8,12,15H,6-7,9-11H2,(H2,26,27,28,29). The first-order chi connectivity index (χ1) is 14.2. The fourth-order valence-corrected chi connectivity index (χ4v) is 3.69. The Morgan fingerprint density at radius 3 is 2.30 bits per heavy atom. The second-order valence-electron chi connectivity index (χ2n) is 7.44. The van der Waals surface area contributed by atoms with Gasteiger partial charge in [-0.05, 0) is 31.0 Å². The van der Waals surface area contributed by atoms with Crippen LogP contribution in [-0.4, -0.2) is 45.5 Å². The molecule has 0 saturated carbocycles. The van der Waals surface area contributed by atoms with Gasteiger partial charge in [-0.25, -0.2) is 9.97 Å². The van der Waals surface area contributed by atoms with E-state index in [1.165, 1.54) is 6.33 Å². The number of hydrogen-bond donors (Lipinski definition) is 2. The number of likely N-dealkylation sites (tertiary alicyclic amines) is 1. The third-order valence-electron chi connectivity index (χ3n) is 5.34. The highest BCUT2D eigenvalue weighted by Crippen LogP contribution is 2.34. The van der Waals surface area contributed by atoms with E-state index in [9.17, 15) is 22.0 Å². The number of halogens is 5. The van der Waals surface area contributed by atoms with Crippen molar-refractivity contribution in [2.45, 2.75) is 31.0 Å². The number of nitrogens with zero attached hydrogens (tertiary/aromatic N) is 3. The van der Waals surface area contributed by atoms with Crippen LogP contribution in [-0.2, 0) is 12.1 Å². The summed E-state index contributed by atoms with van der Waals surface area (Å²) in [5, 5.41) is 4.22. The number of anilines is 1. The van der Waals surface area contributed by atoms with Gasteiger partial charge in [0, 0.05) is 30.9 Å². The Morgan fingerprint density at radius 2 is 1.63 bits per heavy atom. The van der Waals surface area contributed by atoms with Gasteiger partial charge in [0.2, 0.25) is 0 Å². The van der Waals surface area contributed by atoms with Gasteiger partial charge >= 0.3 is 6.18 Å². The Morgan fingerprint density at radius 1 is 0.967 bits per heavy atom. The van der Waals surface area contributed by atoms with Gasteiger partial charge in [0.05, 0.1) is 17.5 Å². The lowest BCUT2D eigenvalue weighted by atomic mass is 10.0. The average Bonchev–Trinajstić information content (AvgIpc) is 3.19. The topological polar surface area (TPSA) is 56.8 Å². The zero-order valence-electron chi connectivity index (χ0n) is 15.9. The summed E-state index contributed by atoms with van der Waals surface area (Å²) in [5.74, 6) is -2.52. The zero-order valence-corrected chi connectivity index (χ0v) is 15.9. The van der Waals surface area contributed by atoms with Gasteiger partial charge in [0.1, 0.15) is 17.8 Å². The van der Waals surface area contributed by atoms with Crippen molar-refractivity contribution in [3.8, 4) is 0 Å². The number of aromatic amines is 1. The first-order valence-electron chi connectivity index (χ1n) is 9.55. The molecule has 1 aliphatic heterocycles. The highest BCUT2D eigenvalue weighted by molar-refractivity contribution is 5.86. The van der Waals surface area contributed by atoms with Crippen LogP contribution in [0.5, 0.6) is 0 Å². The van der Waals surface area contributed by atoms with E-state index in [0.29, 0.717) is 43.9 Å². The van der Waals surface area contributed by atoms with E-state index in [0.717, 1.165) is 23.2 Å². The van der Waals surface area contributed by atoms with Crippen molar-refractivity contribution in [3.63, 3.8) is 0 Å². The second kappa shape index (κ2) is 7.82. The second-order valence-corrected chi connectivity index (χ2v) is 7.44. The number of aromatic nitrogens is 3. The molecule has 0 radical (unpaired) electrons. The van der Waals surface area contributed by atoms with Crippen molar-refractivity contribution in [2.75, 3.05) is 25.0 Å². The first-order valence-corrected chi connectivity index (χ1v) is 9.55. The summed E-state index contributed by atoms with van der Waals surface area (Å²) in [5.41, 5.74) is -0.622. The van der Waals surface area contributed by atoms with Crippen LogP contribution in [0.25, 0.3) is 11.0 Å². The Balaban J connectivity index is 1.34. The molecule has 1 fully saturated rings. The van der Waals surface area contributed by atoms with E-state index < -0.39 is 29.8 Å². The largest absolute Gasteiger partial charge is 0.416 e. The predicted octanol–water partition coefficient (Wildman–Crippen LogP) is 4.65. The maximum absolute atomic E-state index is 14.6. The van der Waals surface area contributed by atoms with Crippen LogP contribution in [0.15, 0.2) is 42.9 Å². The van der Waals surface area contributed by atoms with Crippen LogP contribution in [0.1, 0.15) is 24.0 Å².